The van der Waals surface area contributed by atoms with Crippen LogP contribution in [0, 0.1) is 0 Å². The van der Waals surface area contributed by atoms with Gasteiger partial charge in [0, 0.05) is 24.5 Å². The van der Waals surface area contributed by atoms with E-state index in [4.69, 9.17) is 4.74 Å². The molecule has 1 aromatic heterocycles. The van der Waals surface area contributed by atoms with Crippen molar-refractivity contribution in [3.63, 3.8) is 0 Å². The van der Waals surface area contributed by atoms with Crippen LogP contribution in [0.4, 0.5) is 0 Å². The van der Waals surface area contributed by atoms with Crippen LogP contribution < -0.4 is 4.74 Å². The number of benzene rings is 1. The summed E-state index contributed by atoms with van der Waals surface area (Å²) in [5, 5.41) is 0. The van der Waals surface area contributed by atoms with Crippen molar-refractivity contribution >= 4 is 11.9 Å². The first kappa shape index (κ1) is 17.9. The topological polar surface area (TPSA) is 42.4 Å². The smallest absolute Gasteiger partial charge is 0.185 e. The van der Waals surface area contributed by atoms with Gasteiger partial charge in [-0.05, 0) is 61.1 Å². The fourth-order valence-corrected chi connectivity index (χ4v) is 2.29. The van der Waals surface area contributed by atoms with Crippen molar-refractivity contribution in [2.45, 2.75) is 13.8 Å². The third-order valence-corrected chi connectivity index (χ3v) is 3.82. The molecular formula is C20H24N2O2. The Morgan fingerprint density at radius 2 is 1.92 bits per heavy atom. The highest BCUT2D eigenvalue weighted by Crippen LogP contribution is 2.13. The standard InChI is InChI=1S/C20H24N2O2/c1-3-22(4-2)14-15-24-19-10-8-18(9-11-19)20(23)12-7-17-6-5-13-21-16-17/h5-13,16H,3-4,14-15H2,1-2H3. The van der Waals surface area contributed by atoms with E-state index in [9.17, 15) is 4.79 Å². The molecule has 4 nitrogen and oxygen atoms in total. The van der Waals surface area contributed by atoms with Gasteiger partial charge in [0.15, 0.2) is 5.78 Å². The van der Waals surface area contributed by atoms with E-state index in [-0.39, 0.29) is 5.78 Å². The monoisotopic (exact) mass is 324 g/mol. The summed E-state index contributed by atoms with van der Waals surface area (Å²) in [5.74, 6) is 0.753. The van der Waals surface area contributed by atoms with Crippen LogP contribution in [0.15, 0.2) is 54.9 Å². The van der Waals surface area contributed by atoms with Gasteiger partial charge < -0.3 is 9.64 Å². The number of carbonyl (C=O) groups excluding carboxylic acids is 1. The van der Waals surface area contributed by atoms with Crippen LogP contribution in [0.1, 0.15) is 29.8 Å². The van der Waals surface area contributed by atoms with Crippen molar-refractivity contribution in [2.24, 2.45) is 0 Å². The Labute approximate surface area is 143 Å². The summed E-state index contributed by atoms with van der Waals surface area (Å²) in [6.07, 6.45) is 6.76. The van der Waals surface area contributed by atoms with E-state index in [0.29, 0.717) is 12.2 Å². The molecule has 2 aromatic rings. The van der Waals surface area contributed by atoms with Gasteiger partial charge in [-0.25, -0.2) is 0 Å². The number of ketones is 1. The number of ether oxygens (including phenoxy) is 1. The van der Waals surface area contributed by atoms with E-state index >= 15 is 0 Å². The minimum Gasteiger partial charge on any atom is -0.492 e. The first-order valence-electron chi connectivity index (χ1n) is 8.30. The summed E-state index contributed by atoms with van der Waals surface area (Å²) in [6, 6.07) is 11.0. The van der Waals surface area contributed by atoms with Gasteiger partial charge in [0.1, 0.15) is 12.4 Å². The highest BCUT2D eigenvalue weighted by Gasteiger charge is 2.03. The zero-order valence-electron chi connectivity index (χ0n) is 14.3. The maximum atomic E-state index is 12.2. The van der Waals surface area contributed by atoms with E-state index in [0.717, 1.165) is 30.9 Å². The maximum absolute atomic E-state index is 12.2. The number of nitrogens with zero attached hydrogens (tertiary/aromatic N) is 2. The Bertz CT molecular complexity index is 647. The van der Waals surface area contributed by atoms with Crippen LogP contribution in [0.2, 0.25) is 0 Å². The lowest BCUT2D eigenvalue weighted by Gasteiger charge is -2.17. The molecule has 1 heterocycles. The number of allylic oxidation sites excluding steroid dienone is 1. The minimum atomic E-state index is -0.0338. The molecule has 0 amide bonds. The van der Waals surface area contributed by atoms with Gasteiger partial charge in [-0.15, -0.1) is 0 Å². The van der Waals surface area contributed by atoms with Gasteiger partial charge in [-0.1, -0.05) is 19.9 Å². The first-order valence-corrected chi connectivity index (χ1v) is 8.30. The molecule has 0 fully saturated rings. The van der Waals surface area contributed by atoms with E-state index in [1.165, 1.54) is 0 Å². The van der Waals surface area contributed by atoms with Crippen LogP contribution in [0.5, 0.6) is 5.75 Å². The Morgan fingerprint density at radius 3 is 2.54 bits per heavy atom. The summed E-state index contributed by atoms with van der Waals surface area (Å²) < 4.78 is 5.72. The zero-order chi connectivity index (χ0) is 17.2. The molecule has 0 aliphatic rings. The quantitative estimate of drug-likeness (QED) is 0.521. The molecule has 0 bridgehead atoms. The summed E-state index contributed by atoms with van der Waals surface area (Å²) in [5.41, 5.74) is 1.55. The molecule has 2 rings (SSSR count). The van der Waals surface area contributed by atoms with Crippen molar-refractivity contribution in [1.82, 2.24) is 9.88 Å². The number of likely N-dealkylation sites (N-methyl/N-ethyl adjacent to an activating group) is 1. The molecular weight excluding hydrogens is 300 g/mol. The number of rotatable bonds is 9. The van der Waals surface area contributed by atoms with Gasteiger partial charge in [-0.2, -0.15) is 0 Å². The molecule has 0 radical (unpaired) electrons. The summed E-state index contributed by atoms with van der Waals surface area (Å²) in [7, 11) is 0. The highest BCUT2D eigenvalue weighted by atomic mass is 16.5. The minimum absolute atomic E-state index is 0.0338. The third kappa shape index (κ3) is 5.63. The molecule has 0 aliphatic carbocycles. The van der Waals surface area contributed by atoms with Crippen LogP contribution in [-0.2, 0) is 0 Å². The van der Waals surface area contributed by atoms with Gasteiger partial charge in [0.25, 0.3) is 0 Å². The molecule has 0 spiro atoms. The predicted octanol–water partition coefficient (Wildman–Crippen LogP) is 3.70. The zero-order valence-corrected chi connectivity index (χ0v) is 14.3. The van der Waals surface area contributed by atoms with Gasteiger partial charge >= 0.3 is 0 Å². The van der Waals surface area contributed by atoms with Crippen molar-refractivity contribution in [3.8, 4) is 5.75 Å². The number of aromatic nitrogens is 1. The van der Waals surface area contributed by atoms with Gasteiger partial charge in [-0.3, -0.25) is 9.78 Å². The second kappa shape index (κ2) is 9.63. The Balaban J connectivity index is 1.87. The molecule has 0 N–H and O–H groups in total. The fraction of sp³-hybridized carbons (Fsp3) is 0.300. The molecule has 0 unspecified atom stereocenters. The van der Waals surface area contributed by atoms with E-state index in [1.807, 2.05) is 24.3 Å². The van der Waals surface area contributed by atoms with Crippen molar-refractivity contribution in [3.05, 3.63) is 66.0 Å². The van der Waals surface area contributed by atoms with Gasteiger partial charge in [0.2, 0.25) is 0 Å². The van der Waals surface area contributed by atoms with Crippen molar-refractivity contribution < 1.29 is 9.53 Å². The fourth-order valence-electron chi connectivity index (χ4n) is 2.29. The summed E-state index contributed by atoms with van der Waals surface area (Å²) >= 11 is 0. The molecule has 0 saturated heterocycles. The molecule has 0 aliphatic heterocycles. The summed E-state index contributed by atoms with van der Waals surface area (Å²) in [6.45, 7) is 7.89. The SMILES string of the molecule is CCN(CC)CCOc1ccc(C(=O)C=Cc2cccnc2)cc1. The van der Waals surface area contributed by atoms with Crippen molar-refractivity contribution in [1.29, 1.82) is 0 Å². The average Bonchev–Trinajstić information content (AvgIpc) is 2.64. The lowest BCUT2D eigenvalue weighted by Crippen LogP contribution is -2.27. The van der Waals surface area contributed by atoms with Crippen LogP contribution >= 0.6 is 0 Å². The number of carbonyl (C=O) groups is 1. The van der Waals surface area contributed by atoms with Crippen LogP contribution in [-0.4, -0.2) is 41.9 Å². The van der Waals surface area contributed by atoms with Crippen LogP contribution in [0.3, 0.4) is 0 Å². The number of hydrogen-bond donors (Lipinski definition) is 0. The Kier molecular flexibility index (Phi) is 7.18. The lowest BCUT2D eigenvalue weighted by atomic mass is 10.1. The highest BCUT2D eigenvalue weighted by molar-refractivity contribution is 6.06. The normalized spacial score (nSPS) is 11.1. The first-order chi connectivity index (χ1) is 11.7. The third-order valence-electron chi connectivity index (χ3n) is 3.82. The Morgan fingerprint density at radius 1 is 1.17 bits per heavy atom. The molecule has 0 saturated carbocycles. The number of pyridine rings is 1. The van der Waals surface area contributed by atoms with Gasteiger partial charge in [0.05, 0.1) is 0 Å². The van der Waals surface area contributed by atoms with Crippen molar-refractivity contribution in [2.75, 3.05) is 26.2 Å². The maximum Gasteiger partial charge on any atom is 0.185 e. The molecule has 24 heavy (non-hydrogen) atoms. The van der Waals surface area contributed by atoms with E-state index in [2.05, 4.69) is 23.7 Å². The van der Waals surface area contributed by atoms with Crippen LogP contribution in [0.25, 0.3) is 6.08 Å². The van der Waals surface area contributed by atoms with E-state index < -0.39 is 0 Å². The second-order valence-electron chi connectivity index (χ2n) is 5.38. The van der Waals surface area contributed by atoms with E-state index in [1.54, 1.807) is 36.7 Å². The lowest BCUT2D eigenvalue weighted by molar-refractivity contribution is 0.104. The number of hydrogen-bond acceptors (Lipinski definition) is 4. The summed E-state index contributed by atoms with van der Waals surface area (Å²) in [4.78, 5) is 18.5. The molecule has 4 heteroatoms. The Hall–Kier alpha value is -2.46. The largest absolute Gasteiger partial charge is 0.492 e. The second-order valence-corrected chi connectivity index (χ2v) is 5.38. The molecule has 1 aromatic carbocycles. The average molecular weight is 324 g/mol. The molecule has 126 valence electrons. The predicted molar refractivity (Wildman–Crippen MR) is 97.3 cm³/mol. The molecule has 0 atom stereocenters.